The fourth-order valence-electron chi connectivity index (χ4n) is 1.68. The molecule has 1 aromatic rings. The summed E-state index contributed by atoms with van der Waals surface area (Å²) in [5.41, 5.74) is -0.490. The molecule has 1 aromatic carbocycles. The van der Waals surface area contributed by atoms with Gasteiger partial charge in [-0.1, -0.05) is 0 Å². The van der Waals surface area contributed by atoms with Gasteiger partial charge in [-0.2, -0.15) is 13.2 Å². The summed E-state index contributed by atoms with van der Waals surface area (Å²) in [5, 5.41) is 8.75. The molecule has 0 aromatic heterocycles. The van der Waals surface area contributed by atoms with Gasteiger partial charge in [0.15, 0.2) is 0 Å². The van der Waals surface area contributed by atoms with Crippen LogP contribution in [0.1, 0.15) is 17.5 Å². The molecule has 0 atom stereocenters. The van der Waals surface area contributed by atoms with Crippen LogP contribution in [0.2, 0.25) is 0 Å². The van der Waals surface area contributed by atoms with E-state index < -0.39 is 11.7 Å². The Morgan fingerprint density at radius 3 is 2.28 bits per heavy atom. The summed E-state index contributed by atoms with van der Waals surface area (Å²) in [4.78, 5) is 0. The Morgan fingerprint density at radius 2 is 1.83 bits per heavy atom. The number of methoxy groups -OCH3 is 2. The summed E-state index contributed by atoms with van der Waals surface area (Å²) in [6.45, 7) is -0.0955. The minimum Gasteiger partial charge on any atom is -0.497 e. The number of hydrogen-bond donors (Lipinski definition) is 1. The van der Waals surface area contributed by atoms with Crippen molar-refractivity contribution >= 4 is 0 Å². The van der Waals surface area contributed by atoms with E-state index in [1.165, 1.54) is 20.3 Å². The Labute approximate surface area is 103 Å². The number of hydrogen-bond acceptors (Lipinski definition) is 3. The van der Waals surface area contributed by atoms with Gasteiger partial charge < -0.3 is 14.6 Å². The number of aliphatic hydroxyl groups is 1. The molecule has 0 saturated heterocycles. The molecule has 0 spiro atoms. The molecular formula is C12H15F3O3. The van der Waals surface area contributed by atoms with E-state index in [0.29, 0.717) is 18.4 Å². The van der Waals surface area contributed by atoms with E-state index in [9.17, 15) is 13.2 Å². The average molecular weight is 264 g/mol. The van der Waals surface area contributed by atoms with Gasteiger partial charge in [-0.15, -0.1) is 0 Å². The van der Waals surface area contributed by atoms with E-state index in [1.807, 2.05) is 0 Å². The second-order valence-corrected chi connectivity index (χ2v) is 3.69. The molecule has 0 fully saturated rings. The zero-order valence-corrected chi connectivity index (χ0v) is 10.2. The van der Waals surface area contributed by atoms with E-state index in [2.05, 4.69) is 0 Å². The van der Waals surface area contributed by atoms with Gasteiger partial charge in [0.2, 0.25) is 0 Å². The van der Waals surface area contributed by atoms with Crippen LogP contribution < -0.4 is 9.47 Å². The maximum absolute atomic E-state index is 12.9. The molecule has 3 nitrogen and oxygen atoms in total. The summed E-state index contributed by atoms with van der Waals surface area (Å²) < 4.78 is 48.3. The summed E-state index contributed by atoms with van der Waals surface area (Å²) in [7, 11) is 2.50. The van der Waals surface area contributed by atoms with Gasteiger partial charge in [0.25, 0.3) is 0 Å². The van der Waals surface area contributed by atoms with Crippen LogP contribution in [0, 0.1) is 0 Å². The van der Waals surface area contributed by atoms with Crippen LogP contribution in [-0.2, 0) is 12.6 Å². The minimum absolute atomic E-state index is 0.0955. The molecule has 0 aliphatic rings. The van der Waals surface area contributed by atoms with Crippen LogP contribution in [0.5, 0.6) is 11.5 Å². The average Bonchev–Trinajstić information content (AvgIpc) is 2.33. The highest BCUT2D eigenvalue weighted by Crippen LogP contribution is 2.41. The number of benzene rings is 1. The van der Waals surface area contributed by atoms with E-state index in [1.54, 1.807) is 0 Å². The first-order valence-electron chi connectivity index (χ1n) is 5.37. The topological polar surface area (TPSA) is 38.7 Å². The predicted molar refractivity (Wildman–Crippen MR) is 60.0 cm³/mol. The molecule has 18 heavy (non-hydrogen) atoms. The predicted octanol–water partition coefficient (Wildman–Crippen LogP) is 2.65. The highest BCUT2D eigenvalue weighted by atomic mass is 19.4. The molecular weight excluding hydrogens is 249 g/mol. The number of aryl methyl sites for hydroxylation is 1. The molecule has 6 heteroatoms. The highest BCUT2D eigenvalue weighted by molar-refractivity contribution is 5.48. The Kier molecular flexibility index (Phi) is 4.84. The largest absolute Gasteiger partial charge is 0.497 e. The van der Waals surface area contributed by atoms with Crippen LogP contribution in [0.4, 0.5) is 13.2 Å². The highest BCUT2D eigenvalue weighted by Gasteiger charge is 2.36. The number of rotatable bonds is 5. The van der Waals surface area contributed by atoms with E-state index >= 15 is 0 Å². The SMILES string of the molecule is COc1cc(CCCO)c(OC)c(C(F)(F)F)c1. The van der Waals surface area contributed by atoms with Crippen molar-refractivity contribution in [2.24, 2.45) is 0 Å². The molecule has 1 rings (SSSR count). The van der Waals surface area contributed by atoms with Gasteiger partial charge in [-0.05, 0) is 30.5 Å². The Morgan fingerprint density at radius 1 is 1.17 bits per heavy atom. The van der Waals surface area contributed by atoms with Crippen molar-refractivity contribution < 1.29 is 27.8 Å². The molecule has 0 bridgehead atoms. The first-order valence-corrected chi connectivity index (χ1v) is 5.37. The van der Waals surface area contributed by atoms with Crippen molar-refractivity contribution in [3.05, 3.63) is 23.3 Å². The molecule has 0 aliphatic heterocycles. The van der Waals surface area contributed by atoms with E-state index in [-0.39, 0.29) is 18.1 Å². The van der Waals surface area contributed by atoms with Crippen molar-refractivity contribution in [2.45, 2.75) is 19.0 Å². The number of alkyl halides is 3. The Hall–Kier alpha value is -1.43. The fraction of sp³-hybridized carbons (Fsp3) is 0.500. The fourth-order valence-corrected chi connectivity index (χ4v) is 1.68. The lowest BCUT2D eigenvalue weighted by atomic mass is 10.0. The van der Waals surface area contributed by atoms with Crippen molar-refractivity contribution in [3.8, 4) is 11.5 Å². The molecule has 0 unspecified atom stereocenters. The number of ether oxygens (including phenoxy) is 2. The molecule has 0 radical (unpaired) electrons. The molecule has 102 valence electrons. The van der Waals surface area contributed by atoms with Crippen molar-refractivity contribution in [2.75, 3.05) is 20.8 Å². The third-order valence-electron chi connectivity index (χ3n) is 2.49. The molecule has 0 amide bonds. The van der Waals surface area contributed by atoms with Crippen LogP contribution >= 0.6 is 0 Å². The second kappa shape index (κ2) is 5.95. The van der Waals surface area contributed by atoms with Gasteiger partial charge in [-0.25, -0.2) is 0 Å². The van der Waals surface area contributed by atoms with Gasteiger partial charge in [-0.3, -0.25) is 0 Å². The number of aliphatic hydroxyl groups excluding tert-OH is 1. The Bertz CT molecular complexity index is 402. The summed E-state index contributed by atoms with van der Waals surface area (Å²) in [6.07, 6.45) is -3.85. The lowest BCUT2D eigenvalue weighted by molar-refractivity contribution is -0.138. The van der Waals surface area contributed by atoms with Gasteiger partial charge in [0.05, 0.1) is 14.2 Å². The molecule has 0 saturated carbocycles. The molecule has 1 N–H and O–H groups in total. The van der Waals surface area contributed by atoms with Crippen LogP contribution in [0.3, 0.4) is 0 Å². The zero-order valence-electron chi connectivity index (χ0n) is 10.2. The first-order chi connectivity index (χ1) is 8.43. The number of halogens is 3. The minimum atomic E-state index is -4.51. The van der Waals surface area contributed by atoms with Crippen LogP contribution in [-0.4, -0.2) is 25.9 Å². The summed E-state index contributed by atoms with van der Waals surface area (Å²) >= 11 is 0. The maximum atomic E-state index is 12.9. The van der Waals surface area contributed by atoms with Gasteiger partial charge in [0.1, 0.15) is 17.1 Å². The summed E-state index contributed by atoms with van der Waals surface area (Å²) in [6, 6.07) is 2.39. The molecule has 0 aliphatic carbocycles. The van der Waals surface area contributed by atoms with Gasteiger partial charge >= 0.3 is 6.18 Å². The standard InChI is InChI=1S/C12H15F3O3/c1-17-9-6-8(4-3-5-16)11(18-2)10(7-9)12(13,14)15/h6-7,16H,3-5H2,1-2H3. The van der Waals surface area contributed by atoms with Crippen molar-refractivity contribution in [1.82, 2.24) is 0 Å². The molecule has 0 heterocycles. The third kappa shape index (κ3) is 3.29. The van der Waals surface area contributed by atoms with Gasteiger partial charge in [0, 0.05) is 6.61 Å². The first kappa shape index (κ1) is 14.6. The van der Waals surface area contributed by atoms with E-state index in [0.717, 1.165) is 6.07 Å². The maximum Gasteiger partial charge on any atom is 0.420 e. The lowest BCUT2D eigenvalue weighted by Gasteiger charge is -2.17. The van der Waals surface area contributed by atoms with Crippen molar-refractivity contribution in [3.63, 3.8) is 0 Å². The zero-order chi connectivity index (χ0) is 13.8. The van der Waals surface area contributed by atoms with Crippen molar-refractivity contribution in [1.29, 1.82) is 0 Å². The van der Waals surface area contributed by atoms with Crippen LogP contribution in [0.25, 0.3) is 0 Å². The van der Waals surface area contributed by atoms with E-state index in [4.69, 9.17) is 14.6 Å². The Balaban J connectivity index is 3.30. The van der Waals surface area contributed by atoms with Crippen LogP contribution in [0.15, 0.2) is 12.1 Å². The quantitative estimate of drug-likeness (QED) is 0.888. The second-order valence-electron chi connectivity index (χ2n) is 3.69. The lowest BCUT2D eigenvalue weighted by Crippen LogP contribution is -2.10. The monoisotopic (exact) mass is 264 g/mol. The summed E-state index contributed by atoms with van der Waals surface area (Å²) in [5.74, 6) is -0.0900. The normalized spacial score (nSPS) is 11.4. The smallest absolute Gasteiger partial charge is 0.420 e. The third-order valence-corrected chi connectivity index (χ3v) is 2.49.